The molecule has 0 fully saturated rings. The SMILES string of the molecule is COc1ccc(C(C)NC(=O)c2cnc(C)cc2Cl)cc1. The fourth-order valence-corrected chi connectivity index (χ4v) is 2.24. The Morgan fingerprint density at radius 2 is 2.00 bits per heavy atom. The monoisotopic (exact) mass is 304 g/mol. The van der Waals surface area contributed by atoms with E-state index in [9.17, 15) is 4.79 Å². The van der Waals surface area contributed by atoms with Crippen molar-refractivity contribution in [1.82, 2.24) is 10.3 Å². The standard InChI is InChI=1S/C16H17ClN2O2/c1-10-8-15(17)14(9-18-10)16(20)19-11(2)12-4-6-13(21-3)7-5-12/h4-9,11H,1-3H3,(H,19,20). The third kappa shape index (κ3) is 3.73. The van der Waals surface area contributed by atoms with Gasteiger partial charge in [-0.2, -0.15) is 0 Å². The lowest BCUT2D eigenvalue weighted by Crippen LogP contribution is -2.27. The number of benzene rings is 1. The summed E-state index contributed by atoms with van der Waals surface area (Å²) in [7, 11) is 1.62. The molecule has 0 aliphatic rings. The quantitative estimate of drug-likeness (QED) is 0.940. The van der Waals surface area contributed by atoms with Crippen LogP contribution >= 0.6 is 11.6 Å². The van der Waals surface area contributed by atoms with Gasteiger partial charge in [-0.3, -0.25) is 9.78 Å². The number of aryl methyl sites for hydroxylation is 1. The molecule has 110 valence electrons. The number of hydrogen-bond acceptors (Lipinski definition) is 3. The molecule has 1 amide bonds. The fourth-order valence-electron chi connectivity index (χ4n) is 1.94. The van der Waals surface area contributed by atoms with Crippen LogP contribution < -0.4 is 10.1 Å². The van der Waals surface area contributed by atoms with Gasteiger partial charge in [0.05, 0.1) is 23.7 Å². The molecule has 0 saturated carbocycles. The van der Waals surface area contributed by atoms with Crippen LogP contribution in [0.4, 0.5) is 0 Å². The molecule has 21 heavy (non-hydrogen) atoms. The number of carbonyl (C=O) groups excluding carboxylic acids is 1. The summed E-state index contributed by atoms with van der Waals surface area (Å²) in [6, 6.07) is 9.09. The van der Waals surface area contributed by atoms with E-state index in [1.54, 1.807) is 13.2 Å². The van der Waals surface area contributed by atoms with Crippen molar-refractivity contribution >= 4 is 17.5 Å². The van der Waals surface area contributed by atoms with E-state index < -0.39 is 0 Å². The van der Waals surface area contributed by atoms with E-state index in [4.69, 9.17) is 16.3 Å². The highest BCUT2D eigenvalue weighted by Crippen LogP contribution is 2.20. The average molecular weight is 305 g/mol. The van der Waals surface area contributed by atoms with Gasteiger partial charge in [-0.25, -0.2) is 0 Å². The van der Waals surface area contributed by atoms with Crippen LogP contribution in [0.2, 0.25) is 5.02 Å². The van der Waals surface area contributed by atoms with Crippen molar-refractivity contribution in [3.8, 4) is 5.75 Å². The minimum absolute atomic E-state index is 0.138. The van der Waals surface area contributed by atoms with Gasteiger partial charge in [0.2, 0.25) is 0 Å². The highest BCUT2D eigenvalue weighted by atomic mass is 35.5. The number of amides is 1. The van der Waals surface area contributed by atoms with E-state index in [-0.39, 0.29) is 11.9 Å². The molecule has 0 aliphatic carbocycles. The molecule has 0 spiro atoms. The molecular formula is C16H17ClN2O2. The number of carbonyl (C=O) groups is 1. The van der Waals surface area contributed by atoms with Crippen LogP contribution in [0.5, 0.6) is 5.75 Å². The number of nitrogens with zero attached hydrogens (tertiary/aromatic N) is 1. The first-order chi connectivity index (χ1) is 10.0. The van der Waals surface area contributed by atoms with Gasteiger partial charge in [0.25, 0.3) is 5.91 Å². The Morgan fingerprint density at radius 1 is 1.33 bits per heavy atom. The first-order valence-electron chi connectivity index (χ1n) is 6.58. The summed E-state index contributed by atoms with van der Waals surface area (Å²) in [5.41, 5.74) is 2.14. The summed E-state index contributed by atoms with van der Waals surface area (Å²) in [6.45, 7) is 3.74. The molecule has 0 radical (unpaired) electrons. The molecule has 0 bridgehead atoms. The molecular weight excluding hydrogens is 288 g/mol. The van der Waals surface area contributed by atoms with Crippen LogP contribution in [0.15, 0.2) is 36.5 Å². The molecule has 0 saturated heterocycles. The van der Waals surface area contributed by atoms with Crippen LogP contribution in [0.25, 0.3) is 0 Å². The lowest BCUT2D eigenvalue weighted by Gasteiger charge is -2.15. The van der Waals surface area contributed by atoms with E-state index in [1.807, 2.05) is 38.1 Å². The number of ether oxygens (including phenoxy) is 1. The van der Waals surface area contributed by atoms with Crippen LogP contribution in [0.3, 0.4) is 0 Å². The molecule has 1 aromatic carbocycles. The molecule has 1 aromatic heterocycles. The van der Waals surface area contributed by atoms with Crippen molar-refractivity contribution in [2.24, 2.45) is 0 Å². The van der Waals surface area contributed by atoms with Crippen molar-refractivity contribution in [3.63, 3.8) is 0 Å². The largest absolute Gasteiger partial charge is 0.497 e. The number of nitrogens with one attached hydrogen (secondary N) is 1. The summed E-state index contributed by atoms with van der Waals surface area (Å²) < 4.78 is 5.11. The van der Waals surface area contributed by atoms with Crippen molar-refractivity contribution < 1.29 is 9.53 Å². The number of hydrogen-bond donors (Lipinski definition) is 1. The summed E-state index contributed by atoms with van der Waals surface area (Å²) in [5, 5.41) is 3.31. The predicted molar refractivity (Wildman–Crippen MR) is 82.9 cm³/mol. The van der Waals surface area contributed by atoms with E-state index in [0.717, 1.165) is 17.0 Å². The van der Waals surface area contributed by atoms with Crippen LogP contribution in [-0.2, 0) is 0 Å². The van der Waals surface area contributed by atoms with E-state index in [1.165, 1.54) is 6.20 Å². The maximum absolute atomic E-state index is 12.2. The van der Waals surface area contributed by atoms with Crippen molar-refractivity contribution in [2.45, 2.75) is 19.9 Å². The van der Waals surface area contributed by atoms with Gasteiger partial charge in [-0.1, -0.05) is 23.7 Å². The topological polar surface area (TPSA) is 51.2 Å². The Morgan fingerprint density at radius 3 is 2.57 bits per heavy atom. The van der Waals surface area contributed by atoms with Crippen LogP contribution in [-0.4, -0.2) is 18.0 Å². The van der Waals surface area contributed by atoms with Gasteiger partial charge in [0.1, 0.15) is 5.75 Å². The highest BCUT2D eigenvalue weighted by molar-refractivity contribution is 6.33. The van der Waals surface area contributed by atoms with Gasteiger partial charge in [-0.15, -0.1) is 0 Å². The molecule has 1 atom stereocenters. The minimum atomic E-state index is -0.240. The normalized spacial score (nSPS) is 11.8. The first kappa shape index (κ1) is 15.3. The minimum Gasteiger partial charge on any atom is -0.497 e. The second-order valence-corrected chi connectivity index (χ2v) is 5.18. The molecule has 1 N–H and O–H groups in total. The van der Waals surface area contributed by atoms with E-state index >= 15 is 0 Å². The van der Waals surface area contributed by atoms with Crippen LogP contribution in [0, 0.1) is 6.92 Å². The Bertz CT molecular complexity index is 641. The summed E-state index contributed by atoms with van der Waals surface area (Å²) in [5.74, 6) is 0.541. The van der Waals surface area contributed by atoms with Gasteiger partial charge in [0.15, 0.2) is 0 Å². The Labute approximate surface area is 129 Å². The second-order valence-electron chi connectivity index (χ2n) is 4.77. The number of pyridine rings is 1. The van der Waals surface area contributed by atoms with Gasteiger partial charge >= 0.3 is 0 Å². The van der Waals surface area contributed by atoms with Crippen molar-refractivity contribution in [3.05, 3.63) is 58.4 Å². The van der Waals surface area contributed by atoms with Crippen LogP contribution in [0.1, 0.15) is 34.6 Å². The number of aromatic nitrogens is 1. The maximum Gasteiger partial charge on any atom is 0.254 e. The third-order valence-electron chi connectivity index (χ3n) is 3.20. The van der Waals surface area contributed by atoms with Gasteiger partial charge < -0.3 is 10.1 Å². The molecule has 2 aromatic rings. The zero-order valence-corrected chi connectivity index (χ0v) is 12.9. The van der Waals surface area contributed by atoms with Gasteiger partial charge in [0, 0.05) is 11.9 Å². The molecule has 1 heterocycles. The fraction of sp³-hybridized carbons (Fsp3) is 0.250. The summed E-state index contributed by atoms with van der Waals surface area (Å²) in [6.07, 6.45) is 1.49. The average Bonchev–Trinajstić information content (AvgIpc) is 2.47. The van der Waals surface area contributed by atoms with E-state index in [0.29, 0.717) is 10.6 Å². The van der Waals surface area contributed by atoms with Crippen molar-refractivity contribution in [1.29, 1.82) is 0 Å². The second kappa shape index (κ2) is 6.59. The molecule has 1 unspecified atom stereocenters. The van der Waals surface area contributed by atoms with Gasteiger partial charge in [-0.05, 0) is 37.6 Å². The zero-order valence-electron chi connectivity index (χ0n) is 12.2. The lowest BCUT2D eigenvalue weighted by atomic mass is 10.1. The lowest BCUT2D eigenvalue weighted by molar-refractivity contribution is 0.0939. The summed E-state index contributed by atoms with van der Waals surface area (Å²) in [4.78, 5) is 16.3. The van der Waals surface area contributed by atoms with Crippen molar-refractivity contribution in [2.75, 3.05) is 7.11 Å². The predicted octanol–water partition coefficient (Wildman–Crippen LogP) is 3.54. The number of rotatable bonds is 4. The first-order valence-corrected chi connectivity index (χ1v) is 6.96. The Balaban J connectivity index is 2.10. The highest BCUT2D eigenvalue weighted by Gasteiger charge is 2.14. The number of methoxy groups -OCH3 is 1. The number of halogens is 1. The molecule has 0 aliphatic heterocycles. The molecule has 5 heteroatoms. The third-order valence-corrected chi connectivity index (χ3v) is 3.51. The molecule has 4 nitrogen and oxygen atoms in total. The van der Waals surface area contributed by atoms with E-state index in [2.05, 4.69) is 10.3 Å². The Hall–Kier alpha value is -2.07. The molecule has 2 rings (SSSR count). The smallest absolute Gasteiger partial charge is 0.254 e. The summed E-state index contributed by atoms with van der Waals surface area (Å²) >= 11 is 6.08. The maximum atomic E-state index is 12.2. The zero-order chi connectivity index (χ0) is 15.4. The Kier molecular flexibility index (Phi) is 4.81.